The zero-order valence-corrected chi connectivity index (χ0v) is 12.5. The number of hydrogen-bond donors (Lipinski definition) is 1. The summed E-state index contributed by atoms with van der Waals surface area (Å²) in [6, 6.07) is 0.513. The quantitative estimate of drug-likeness (QED) is 0.660. The Bertz CT molecular complexity index is 330. The number of rotatable bonds is 9. The van der Waals surface area contributed by atoms with E-state index in [1.807, 2.05) is 0 Å². The van der Waals surface area contributed by atoms with Crippen LogP contribution in [0.3, 0.4) is 0 Å². The first kappa shape index (κ1) is 15.1. The van der Waals surface area contributed by atoms with Crippen molar-refractivity contribution in [1.29, 1.82) is 0 Å². The van der Waals surface area contributed by atoms with Crippen LogP contribution >= 0.6 is 0 Å². The van der Waals surface area contributed by atoms with Gasteiger partial charge in [-0.2, -0.15) is 0 Å². The van der Waals surface area contributed by atoms with Crippen molar-refractivity contribution in [3.05, 3.63) is 11.9 Å². The van der Waals surface area contributed by atoms with E-state index in [1.165, 1.54) is 32.1 Å². The molecular formula is C15H29N3. The van der Waals surface area contributed by atoms with Gasteiger partial charge in [-0.25, -0.2) is 4.98 Å². The molecule has 0 aliphatic heterocycles. The number of nitrogens with zero attached hydrogens (tertiary/aromatic N) is 2. The Morgan fingerprint density at radius 2 is 2.00 bits per heavy atom. The van der Waals surface area contributed by atoms with Gasteiger partial charge in [0.1, 0.15) is 0 Å². The molecule has 104 valence electrons. The van der Waals surface area contributed by atoms with Crippen molar-refractivity contribution in [2.75, 3.05) is 5.32 Å². The van der Waals surface area contributed by atoms with Crippen LogP contribution in [0, 0.1) is 6.92 Å². The molecule has 3 heteroatoms. The van der Waals surface area contributed by atoms with Gasteiger partial charge in [0.15, 0.2) is 0 Å². The fourth-order valence-corrected chi connectivity index (χ4v) is 2.24. The summed E-state index contributed by atoms with van der Waals surface area (Å²) in [5, 5.41) is 3.54. The molecule has 1 heterocycles. The average Bonchev–Trinajstić information content (AvgIpc) is 2.66. The zero-order valence-electron chi connectivity index (χ0n) is 12.5. The van der Waals surface area contributed by atoms with E-state index in [2.05, 4.69) is 48.8 Å². The first-order valence-corrected chi connectivity index (χ1v) is 7.47. The Kier molecular flexibility index (Phi) is 6.84. The monoisotopic (exact) mass is 251 g/mol. The lowest BCUT2D eigenvalue weighted by Gasteiger charge is -2.15. The molecule has 0 aliphatic rings. The predicted octanol–water partition coefficient (Wildman–Crippen LogP) is 4.37. The van der Waals surface area contributed by atoms with Crippen LogP contribution in [0.2, 0.25) is 0 Å². The Morgan fingerprint density at radius 1 is 1.22 bits per heavy atom. The maximum absolute atomic E-state index is 4.57. The van der Waals surface area contributed by atoms with E-state index in [0.29, 0.717) is 6.04 Å². The lowest BCUT2D eigenvalue weighted by atomic mass is 10.1. The maximum atomic E-state index is 4.57. The lowest BCUT2D eigenvalue weighted by Crippen LogP contribution is -2.18. The number of unbranched alkanes of at least 4 members (excludes halogenated alkanes) is 3. The fraction of sp³-hybridized carbons (Fsp3) is 0.800. The van der Waals surface area contributed by atoms with Gasteiger partial charge in [0.05, 0.1) is 5.69 Å². The Balaban J connectivity index is 2.40. The summed E-state index contributed by atoms with van der Waals surface area (Å²) in [5.74, 6) is 1.04. The molecule has 0 aliphatic carbocycles. The topological polar surface area (TPSA) is 29.9 Å². The molecule has 1 aromatic heterocycles. The molecular weight excluding hydrogens is 222 g/mol. The second-order valence-electron chi connectivity index (χ2n) is 5.29. The molecule has 0 amide bonds. The van der Waals surface area contributed by atoms with E-state index in [9.17, 15) is 0 Å². The third-order valence-electron chi connectivity index (χ3n) is 3.23. The van der Waals surface area contributed by atoms with Crippen LogP contribution in [-0.4, -0.2) is 15.6 Å². The van der Waals surface area contributed by atoms with Gasteiger partial charge in [0.2, 0.25) is 5.95 Å². The van der Waals surface area contributed by atoms with Crippen molar-refractivity contribution in [1.82, 2.24) is 9.55 Å². The number of anilines is 1. The Labute approximate surface area is 112 Å². The molecule has 1 rings (SSSR count). The number of aryl methyl sites for hydroxylation is 2. The molecule has 1 atom stereocenters. The first-order valence-electron chi connectivity index (χ1n) is 7.47. The van der Waals surface area contributed by atoms with Gasteiger partial charge in [-0.15, -0.1) is 0 Å². The minimum Gasteiger partial charge on any atom is -0.353 e. The molecule has 0 bridgehead atoms. The SMILES string of the molecule is CCCCCCC(C)Nc1nc(C)cn1CCC. The van der Waals surface area contributed by atoms with Crippen molar-refractivity contribution in [3.63, 3.8) is 0 Å². The molecule has 18 heavy (non-hydrogen) atoms. The number of aromatic nitrogens is 2. The van der Waals surface area contributed by atoms with Crippen LogP contribution in [0.4, 0.5) is 5.95 Å². The molecule has 0 fully saturated rings. The molecule has 0 radical (unpaired) electrons. The van der Waals surface area contributed by atoms with Crippen molar-refractivity contribution in [2.45, 2.75) is 78.8 Å². The average molecular weight is 251 g/mol. The minimum atomic E-state index is 0.513. The normalized spacial score (nSPS) is 12.7. The largest absolute Gasteiger partial charge is 0.353 e. The van der Waals surface area contributed by atoms with Gasteiger partial charge in [-0.3, -0.25) is 0 Å². The molecule has 0 saturated carbocycles. The van der Waals surface area contributed by atoms with Crippen LogP contribution in [0.25, 0.3) is 0 Å². The summed E-state index contributed by atoms with van der Waals surface area (Å²) in [5.41, 5.74) is 1.10. The van der Waals surface area contributed by atoms with Crippen molar-refractivity contribution in [3.8, 4) is 0 Å². The number of hydrogen-bond acceptors (Lipinski definition) is 2. The van der Waals surface area contributed by atoms with Gasteiger partial charge in [0, 0.05) is 18.8 Å². The van der Waals surface area contributed by atoms with E-state index in [1.54, 1.807) is 0 Å². The summed E-state index contributed by atoms with van der Waals surface area (Å²) in [6.45, 7) is 9.82. The molecule has 3 nitrogen and oxygen atoms in total. The Hall–Kier alpha value is -0.990. The van der Waals surface area contributed by atoms with Crippen LogP contribution in [0.5, 0.6) is 0 Å². The van der Waals surface area contributed by atoms with E-state index < -0.39 is 0 Å². The lowest BCUT2D eigenvalue weighted by molar-refractivity contribution is 0.585. The summed E-state index contributed by atoms with van der Waals surface area (Å²) in [7, 11) is 0. The van der Waals surface area contributed by atoms with Gasteiger partial charge in [0.25, 0.3) is 0 Å². The molecule has 1 N–H and O–H groups in total. The third kappa shape index (κ3) is 5.11. The third-order valence-corrected chi connectivity index (χ3v) is 3.23. The smallest absolute Gasteiger partial charge is 0.203 e. The maximum Gasteiger partial charge on any atom is 0.203 e. The molecule has 1 aromatic rings. The van der Waals surface area contributed by atoms with Crippen LogP contribution in [0.1, 0.15) is 65.0 Å². The molecule has 1 unspecified atom stereocenters. The minimum absolute atomic E-state index is 0.513. The first-order chi connectivity index (χ1) is 8.67. The molecule has 0 spiro atoms. The summed E-state index contributed by atoms with van der Waals surface area (Å²) in [6.07, 6.45) is 9.85. The standard InChI is InChI=1S/C15H29N3/c1-5-7-8-9-10-13(3)16-15-17-14(4)12-18(15)11-6-2/h12-13H,5-11H2,1-4H3,(H,16,17). The van der Waals surface area contributed by atoms with Gasteiger partial charge in [-0.05, 0) is 26.7 Å². The van der Waals surface area contributed by atoms with E-state index >= 15 is 0 Å². The summed E-state index contributed by atoms with van der Waals surface area (Å²) < 4.78 is 2.23. The van der Waals surface area contributed by atoms with Crippen LogP contribution in [-0.2, 0) is 6.54 Å². The highest BCUT2D eigenvalue weighted by molar-refractivity contribution is 5.29. The van der Waals surface area contributed by atoms with Crippen molar-refractivity contribution >= 4 is 5.95 Å². The number of imidazole rings is 1. The molecule has 0 aromatic carbocycles. The van der Waals surface area contributed by atoms with E-state index in [0.717, 1.165) is 24.6 Å². The summed E-state index contributed by atoms with van der Waals surface area (Å²) >= 11 is 0. The Morgan fingerprint density at radius 3 is 2.67 bits per heavy atom. The second-order valence-corrected chi connectivity index (χ2v) is 5.29. The highest BCUT2D eigenvalue weighted by atomic mass is 15.2. The fourth-order valence-electron chi connectivity index (χ4n) is 2.24. The number of nitrogens with one attached hydrogen (secondary N) is 1. The summed E-state index contributed by atoms with van der Waals surface area (Å²) in [4.78, 5) is 4.57. The predicted molar refractivity (Wildman–Crippen MR) is 79.1 cm³/mol. The van der Waals surface area contributed by atoms with Crippen LogP contribution < -0.4 is 5.32 Å². The van der Waals surface area contributed by atoms with Crippen LogP contribution in [0.15, 0.2) is 6.20 Å². The van der Waals surface area contributed by atoms with Crippen molar-refractivity contribution in [2.24, 2.45) is 0 Å². The van der Waals surface area contributed by atoms with Gasteiger partial charge in [-0.1, -0.05) is 39.5 Å². The van der Waals surface area contributed by atoms with Crippen molar-refractivity contribution < 1.29 is 0 Å². The highest BCUT2D eigenvalue weighted by Crippen LogP contribution is 2.13. The van der Waals surface area contributed by atoms with Gasteiger partial charge >= 0.3 is 0 Å². The zero-order chi connectivity index (χ0) is 13.4. The molecule has 0 saturated heterocycles. The van der Waals surface area contributed by atoms with Gasteiger partial charge < -0.3 is 9.88 Å². The van der Waals surface area contributed by atoms with E-state index in [-0.39, 0.29) is 0 Å². The van der Waals surface area contributed by atoms with E-state index in [4.69, 9.17) is 0 Å². The second kappa shape index (κ2) is 8.17. The highest BCUT2D eigenvalue weighted by Gasteiger charge is 2.08.